The summed E-state index contributed by atoms with van der Waals surface area (Å²) < 4.78 is 5.19. The van der Waals surface area contributed by atoms with Gasteiger partial charge in [-0.15, -0.1) is 0 Å². The first-order chi connectivity index (χ1) is 10.8. The highest BCUT2D eigenvalue weighted by atomic mass is 16.5. The van der Waals surface area contributed by atoms with Crippen molar-refractivity contribution in [2.45, 2.75) is 38.5 Å². The number of aromatic nitrogens is 3. The minimum Gasteiger partial charge on any atom is -0.342 e. The molecule has 1 unspecified atom stereocenters. The Hall–Kier alpha value is -2.24. The van der Waals surface area contributed by atoms with Gasteiger partial charge in [0.15, 0.2) is 5.82 Å². The fourth-order valence-corrected chi connectivity index (χ4v) is 2.78. The molecule has 1 atom stereocenters. The second-order valence-corrected chi connectivity index (χ2v) is 5.62. The van der Waals surface area contributed by atoms with Crippen LogP contribution >= 0.6 is 0 Å². The Bertz CT molecular complexity index is 626. The van der Waals surface area contributed by atoms with Gasteiger partial charge >= 0.3 is 0 Å². The van der Waals surface area contributed by atoms with Gasteiger partial charge in [0.2, 0.25) is 11.8 Å². The van der Waals surface area contributed by atoms with Crippen molar-refractivity contribution in [2.24, 2.45) is 0 Å². The van der Waals surface area contributed by atoms with E-state index in [1.54, 1.807) is 12.4 Å². The maximum Gasteiger partial charge on any atom is 0.227 e. The van der Waals surface area contributed by atoms with Crippen LogP contribution in [0.4, 0.5) is 0 Å². The number of aryl methyl sites for hydroxylation is 1. The summed E-state index contributed by atoms with van der Waals surface area (Å²) in [6, 6.07) is 3.78. The number of hydrogen-bond donors (Lipinski definition) is 0. The highest BCUT2D eigenvalue weighted by molar-refractivity contribution is 5.78. The molecule has 1 amide bonds. The third-order valence-electron chi connectivity index (χ3n) is 4.00. The van der Waals surface area contributed by atoms with E-state index in [0.717, 1.165) is 37.2 Å². The first-order valence-corrected chi connectivity index (χ1v) is 7.75. The van der Waals surface area contributed by atoms with E-state index >= 15 is 0 Å². The smallest absolute Gasteiger partial charge is 0.227 e. The number of carbonyl (C=O) groups excluding carboxylic acids is 1. The Balaban J connectivity index is 1.63. The van der Waals surface area contributed by atoms with E-state index in [9.17, 15) is 4.79 Å². The number of carbonyl (C=O) groups is 1. The standard InChI is InChI=1S/C16H20N4O2/c1-2-14-18-16(19-22-14)13-6-4-8-20(11-13)15(21)9-12-5-3-7-17-10-12/h3,5,7,10,13H,2,4,6,8-9,11H2,1H3. The van der Waals surface area contributed by atoms with E-state index < -0.39 is 0 Å². The summed E-state index contributed by atoms with van der Waals surface area (Å²) in [6.07, 6.45) is 6.56. The zero-order valence-corrected chi connectivity index (χ0v) is 12.7. The van der Waals surface area contributed by atoms with E-state index in [-0.39, 0.29) is 11.8 Å². The van der Waals surface area contributed by atoms with Gasteiger partial charge in [-0.2, -0.15) is 4.98 Å². The van der Waals surface area contributed by atoms with Crippen LogP contribution in [0, 0.1) is 0 Å². The molecule has 0 spiro atoms. The molecule has 3 heterocycles. The molecule has 1 fully saturated rings. The molecule has 1 aliphatic rings. The van der Waals surface area contributed by atoms with Gasteiger partial charge in [-0.3, -0.25) is 9.78 Å². The average molecular weight is 300 g/mol. The quantitative estimate of drug-likeness (QED) is 0.863. The van der Waals surface area contributed by atoms with Crippen molar-refractivity contribution in [3.05, 3.63) is 41.8 Å². The lowest BCUT2D eigenvalue weighted by atomic mass is 9.97. The highest BCUT2D eigenvalue weighted by Gasteiger charge is 2.27. The molecule has 1 saturated heterocycles. The van der Waals surface area contributed by atoms with Crippen LogP contribution < -0.4 is 0 Å². The van der Waals surface area contributed by atoms with Crippen LogP contribution in [0.5, 0.6) is 0 Å². The number of hydrogen-bond acceptors (Lipinski definition) is 5. The van der Waals surface area contributed by atoms with Gasteiger partial charge in [0.25, 0.3) is 0 Å². The number of pyridine rings is 1. The van der Waals surface area contributed by atoms with Crippen molar-refractivity contribution >= 4 is 5.91 Å². The molecule has 0 aromatic carbocycles. The van der Waals surface area contributed by atoms with Crippen LogP contribution in [-0.2, 0) is 17.6 Å². The predicted molar refractivity (Wildman–Crippen MR) is 80.2 cm³/mol. The van der Waals surface area contributed by atoms with Gasteiger partial charge in [-0.05, 0) is 24.5 Å². The molecular formula is C16H20N4O2. The lowest BCUT2D eigenvalue weighted by molar-refractivity contribution is -0.131. The summed E-state index contributed by atoms with van der Waals surface area (Å²) in [4.78, 5) is 22.8. The summed E-state index contributed by atoms with van der Waals surface area (Å²) in [6.45, 7) is 3.46. The Morgan fingerprint density at radius 2 is 2.41 bits per heavy atom. The van der Waals surface area contributed by atoms with Crippen molar-refractivity contribution in [1.82, 2.24) is 20.0 Å². The highest BCUT2D eigenvalue weighted by Crippen LogP contribution is 2.25. The Morgan fingerprint density at radius 3 is 3.14 bits per heavy atom. The molecule has 6 nitrogen and oxygen atoms in total. The Kier molecular flexibility index (Phi) is 4.46. The largest absolute Gasteiger partial charge is 0.342 e. The average Bonchev–Trinajstić information content (AvgIpc) is 3.05. The summed E-state index contributed by atoms with van der Waals surface area (Å²) in [5.41, 5.74) is 0.947. The third-order valence-corrected chi connectivity index (χ3v) is 4.00. The molecule has 0 aliphatic carbocycles. The number of amides is 1. The van der Waals surface area contributed by atoms with Crippen molar-refractivity contribution in [3.63, 3.8) is 0 Å². The van der Waals surface area contributed by atoms with Crippen molar-refractivity contribution in [1.29, 1.82) is 0 Å². The molecule has 0 bridgehead atoms. The van der Waals surface area contributed by atoms with E-state index in [0.29, 0.717) is 18.9 Å². The van der Waals surface area contributed by atoms with Crippen LogP contribution in [0.3, 0.4) is 0 Å². The number of piperidine rings is 1. The summed E-state index contributed by atoms with van der Waals surface area (Å²) in [5.74, 6) is 1.71. The fraction of sp³-hybridized carbons (Fsp3) is 0.500. The molecule has 2 aromatic rings. The minimum absolute atomic E-state index is 0.136. The molecular weight excluding hydrogens is 280 g/mol. The molecule has 2 aromatic heterocycles. The maximum absolute atomic E-state index is 12.4. The van der Waals surface area contributed by atoms with Crippen LogP contribution in [-0.4, -0.2) is 39.0 Å². The van der Waals surface area contributed by atoms with Crippen LogP contribution in [0.2, 0.25) is 0 Å². The van der Waals surface area contributed by atoms with E-state index in [1.807, 2.05) is 24.0 Å². The molecule has 116 valence electrons. The second-order valence-electron chi connectivity index (χ2n) is 5.62. The summed E-state index contributed by atoms with van der Waals surface area (Å²) in [7, 11) is 0. The van der Waals surface area contributed by atoms with E-state index in [4.69, 9.17) is 4.52 Å². The van der Waals surface area contributed by atoms with Crippen molar-refractivity contribution in [2.75, 3.05) is 13.1 Å². The van der Waals surface area contributed by atoms with Gasteiger partial charge in [0.1, 0.15) is 0 Å². The van der Waals surface area contributed by atoms with E-state index in [1.165, 1.54) is 0 Å². The molecule has 1 aliphatic heterocycles. The number of likely N-dealkylation sites (tertiary alicyclic amines) is 1. The zero-order valence-electron chi connectivity index (χ0n) is 12.7. The Labute approximate surface area is 129 Å². The number of rotatable bonds is 4. The molecule has 0 radical (unpaired) electrons. The first-order valence-electron chi connectivity index (χ1n) is 7.75. The monoisotopic (exact) mass is 300 g/mol. The molecule has 6 heteroatoms. The normalized spacial score (nSPS) is 18.4. The molecule has 0 saturated carbocycles. The predicted octanol–water partition coefficient (Wildman–Crippen LogP) is 1.98. The lowest BCUT2D eigenvalue weighted by Gasteiger charge is -2.31. The molecule has 0 N–H and O–H groups in total. The van der Waals surface area contributed by atoms with Gasteiger partial charge in [-0.1, -0.05) is 18.1 Å². The zero-order chi connectivity index (χ0) is 15.4. The SMILES string of the molecule is CCc1nc(C2CCCN(C(=O)Cc3cccnc3)C2)no1. The molecule has 3 rings (SSSR count). The topological polar surface area (TPSA) is 72.1 Å². The Morgan fingerprint density at radius 1 is 1.50 bits per heavy atom. The van der Waals surface area contributed by atoms with Crippen molar-refractivity contribution in [3.8, 4) is 0 Å². The minimum atomic E-state index is 0.136. The number of nitrogens with zero attached hydrogens (tertiary/aromatic N) is 4. The van der Waals surface area contributed by atoms with Crippen molar-refractivity contribution < 1.29 is 9.32 Å². The summed E-state index contributed by atoms with van der Waals surface area (Å²) in [5, 5.41) is 4.05. The van der Waals surface area contributed by atoms with Gasteiger partial charge < -0.3 is 9.42 Å². The maximum atomic E-state index is 12.4. The van der Waals surface area contributed by atoms with Crippen LogP contribution in [0.1, 0.15) is 43.0 Å². The summed E-state index contributed by atoms with van der Waals surface area (Å²) >= 11 is 0. The lowest BCUT2D eigenvalue weighted by Crippen LogP contribution is -2.40. The van der Waals surface area contributed by atoms with Gasteiger partial charge in [-0.25, -0.2) is 0 Å². The van der Waals surface area contributed by atoms with E-state index in [2.05, 4.69) is 15.1 Å². The first kappa shape index (κ1) is 14.7. The van der Waals surface area contributed by atoms with Gasteiger partial charge in [0, 0.05) is 37.8 Å². The third kappa shape index (κ3) is 3.32. The second kappa shape index (κ2) is 6.68. The fourth-order valence-electron chi connectivity index (χ4n) is 2.78. The van der Waals surface area contributed by atoms with Crippen LogP contribution in [0.15, 0.2) is 29.0 Å². The van der Waals surface area contributed by atoms with Crippen LogP contribution in [0.25, 0.3) is 0 Å². The molecule has 22 heavy (non-hydrogen) atoms. The van der Waals surface area contributed by atoms with Gasteiger partial charge in [0.05, 0.1) is 6.42 Å².